The number of rotatable bonds is 1. The van der Waals surface area contributed by atoms with Crippen LogP contribution in [0.2, 0.25) is 0 Å². The van der Waals surface area contributed by atoms with Gasteiger partial charge in [-0.15, -0.1) is 0 Å². The third-order valence-electron chi connectivity index (χ3n) is 2.61. The molecule has 0 aromatic rings. The third-order valence-corrected chi connectivity index (χ3v) is 2.61. The Labute approximate surface area is 70.9 Å². The van der Waals surface area contributed by atoms with Crippen LogP contribution in [0, 0.1) is 0 Å². The van der Waals surface area contributed by atoms with Crippen LogP contribution in [-0.2, 0) is 4.74 Å². The van der Waals surface area contributed by atoms with Crippen LogP contribution in [0.25, 0.3) is 0 Å². The first-order chi connectivity index (χ1) is 5.27. The van der Waals surface area contributed by atoms with Crippen molar-refractivity contribution >= 4 is 7.85 Å². The molecule has 0 unspecified atom stereocenters. The topological polar surface area (TPSA) is 9.23 Å². The maximum absolute atomic E-state index is 6.01. The molecular weight excluding hydrogens is 135 g/mol. The summed E-state index contributed by atoms with van der Waals surface area (Å²) in [5.74, 6) is 0. The number of methoxy groups -OCH3 is 1. The van der Waals surface area contributed by atoms with E-state index in [1.807, 2.05) is 0 Å². The van der Waals surface area contributed by atoms with E-state index < -0.39 is 0 Å². The molecule has 0 N–H and O–H groups in total. The molecule has 62 valence electrons. The molecule has 1 rings (SSSR count). The number of hydrogen-bond acceptors (Lipinski definition) is 1. The zero-order valence-electron chi connectivity index (χ0n) is 7.44. The molecule has 0 saturated heterocycles. The molecule has 0 aliphatic heterocycles. The van der Waals surface area contributed by atoms with Crippen molar-refractivity contribution in [3.05, 3.63) is 0 Å². The summed E-state index contributed by atoms with van der Waals surface area (Å²) < 4.78 is 5.29. The molecule has 0 amide bonds. The molecule has 2 heteroatoms. The Bertz CT molecular complexity index is 106. The Morgan fingerprint density at radius 1 is 1.00 bits per heavy atom. The average molecular weight is 152 g/mol. The minimum atomic E-state index is -0.305. The van der Waals surface area contributed by atoms with Crippen LogP contribution in [0.4, 0.5) is 0 Å². The largest absolute Gasteiger partial charge is 0.388 e. The van der Waals surface area contributed by atoms with Crippen molar-refractivity contribution in [2.45, 2.75) is 50.4 Å². The van der Waals surface area contributed by atoms with Crippen LogP contribution < -0.4 is 0 Å². The highest BCUT2D eigenvalue weighted by Crippen LogP contribution is 2.25. The van der Waals surface area contributed by atoms with Gasteiger partial charge in [0.15, 0.2) is 0 Å². The number of ether oxygens (including phenoxy) is 1. The highest BCUT2D eigenvalue weighted by atomic mass is 16.5. The molecular formula is C9H17BO. The normalized spacial score (nSPS) is 25.5. The van der Waals surface area contributed by atoms with E-state index in [2.05, 4.69) is 0 Å². The molecule has 1 nitrogen and oxygen atoms in total. The van der Waals surface area contributed by atoms with E-state index in [-0.39, 0.29) is 5.50 Å². The van der Waals surface area contributed by atoms with Crippen LogP contribution in [0.1, 0.15) is 44.9 Å². The van der Waals surface area contributed by atoms with E-state index in [0.29, 0.717) is 0 Å². The summed E-state index contributed by atoms with van der Waals surface area (Å²) in [5.41, 5.74) is -0.305. The van der Waals surface area contributed by atoms with Crippen molar-refractivity contribution in [1.29, 1.82) is 0 Å². The molecule has 1 aliphatic carbocycles. The van der Waals surface area contributed by atoms with Crippen molar-refractivity contribution in [1.82, 2.24) is 0 Å². The van der Waals surface area contributed by atoms with Crippen molar-refractivity contribution in [2.75, 3.05) is 7.11 Å². The molecule has 0 atom stereocenters. The van der Waals surface area contributed by atoms with Gasteiger partial charge in [0, 0.05) is 12.6 Å². The van der Waals surface area contributed by atoms with Crippen LogP contribution in [-0.4, -0.2) is 20.5 Å². The lowest BCUT2D eigenvalue weighted by Gasteiger charge is -2.30. The molecule has 0 heterocycles. The SMILES string of the molecule is [B]C1(OC)CCCCCCC1. The van der Waals surface area contributed by atoms with Crippen LogP contribution in [0.15, 0.2) is 0 Å². The summed E-state index contributed by atoms with van der Waals surface area (Å²) >= 11 is 0. The summed E-state index contributed by atoms with van der Waals surface area (Å²) in [5, 5.41) is 0. The highest BCUT2D eigenvalue weighted by Gasteiger charge is 2.22. The predicted molar refractivity (Wildman–Crippen MR) is 47.8 cm³/mol. The first-order valence-electron chi connectivity index (χ1n) is 4.61. The minimum absolute atomic E-state index is 0.305. The van der Waals surface area contributed by atoms with Gasteiger partial charge in [-0.05, 0) is 12.8 Å². The summed E-state index contributed by atoms with van der Waals surface area (Å²) in [6.07, 6.45) is 8.53. The van der Waals surface area contributed by atoms with Gasteiger partial charge in [-0.25, -0.2) is 0 Å². The minimum Gasteiger partial charge on any atom is -0.388 e. The van der Waals surface area contributed by atoms with Gasteiger partial charge in [-0.2, -0.15) is 0 Å². The van der Waals surface area contributed by atoms with Crippen molar-refractivity contribution in [3.63, 3.8) is 0 Å². The first-order valence-corrected chi connectivity index (χ1v) is 4.61. The Balaban J connectivity index is 2.37. The molecule has 2 radical (unpaired) electrons. The lowest BCUT2D eigenvalue weighted by molar-refractivity contribution is 0.0406. The Morgan fingerprint density at radius 3 is 1.91 bits per heavy atom. The average Bonchev–Trinajstić information content (AvgIpc) is 1.98. The Hall–Kier alpha value is 0.0249. The zero-order chi connectivity index (χ0) is 8.16. The molecule has 11 heavy (non-hydrogen) atoms. The molecule has 0 bridgehead atoms. The predicted octanol–water partition coefficient (Wildman–Crippen LogP) is 2.24. The summed E-state index contributed by atoms with van der Waals surface area (Å²) in [6.45, 7) is 0. The van der Waals surface area contributed by atoms with Gasteiger partial charge < -0.3 is 4.74 Å². The lowest BCUT2D eigenvalue weighted by atomic mass is 9.72. The zero-order valence-corrected chi connectivity index (χ0v) is 7.44. The van der Waals surface area contributed by atoms with Crippen molar-refractivity contribution < 1.29 is 4.74 Å². The van der Waals surface area contributed by atoms with E-state index in [1.54, 1.807) is 7.11 Å². The fraction of sp³-hybridized carbons (Fsp3) is 1.00. The van der Waals surface area contributed by atoms with Gasteiger partial charge in [0.25, 0.3) is 0 Å². The van der Waals surface area contributed by atoms with E-state index in [1.165, 1.54) is 32.1 Å². The molecule has 0 aromatic heterocycles. The van der Waals surface area contributed by atoms with E-state index >= 15 is 0 Å². The first kappa shape index (κ1) is 9.12. The van der Waals surface area contributed by atoms with E-state index in [9.17, 15) is 0 Å². The lowest BCUT2D eigenvalue weighted by Crippen LogP contribution is -2.32. The second-order valence-electron chi connectivity index (χ2n) is 3.54. The van der Waals surface area contributed by atoms with E-state index in [4.69, 9.17) is 12.6 Å². The van der Waals surface area contributed by atoms with Gasteiger partial charge >= 0.3 is 0 Å². The molecule has 1 aliphatic rings. The van der Waals surface area contributed by atoms with Gasteiger partial charge in [-0.3, -0.25) is 0 Å². The molecule has 1 fully saturated rings. The fourth-order valence-corrected chi connectivity index (χ4v) is 1.71. The van der Waals surface area contributed by atoms with Crippen molar-refractivity contribution in [2.24, 2.45) is 0 Å². The Morgan fingerprint density at radius 2 is 1.45 bits per heavy atom. The maximum Gasteiger partial charge on any atom is 0.113 e. The smallest absolute Gasteiger partial charge is 0.113 e. The van der Waals surface area contributed by atoms with Crippen LogP contribution in [0.5, 0.6) is 0 Å². The van der Waals surface area contributed by atoms with Crippen molar-refractivity contribution in [3.8, 4) is 0 Å². The van der Waals surface area contributed by atoms with Gasteiger partial charge in [0.05, 0.1) is 0 Å². The second kappa shape index (κ2) is 4.15. The number of hydrogen-bond donors (Lipinski definition) is 0. The van der Waals surface area contributed by atoms with Crippen LogP contribution >= 0.6 is 0 Å². The maximum atomic E-state index is 6.01. The Kier molecular flexibility index (Phi) is 3.44. The molecule has 1 saturated carbocycles. The summed E-state index contributed by atoms with van der Waals surface area (Å²) in [6, 6.07) is 0. The monoisotopic (exact) mass is 152 g/mol. The van der Waals surface area contributed by atoms with Gasteiger partial charge in [0.2, 0.25) is 0 Å². The molecule has 0 spiro atoms. The van der Waals surface area contributed by atoms with E-state index in [0.717, 1.165) is 12.8 Å². The van der Waals surface area contributed by atoms with Gasteiger partial charge in [-0.1, -0.05) is 32.1 Å². The van der Waals surface area contributed by atoms with Gasteiger partial charge in [0.1, 0.15) is 7.85 Å². The second-order valence-corrected chi connectivity index (χ2v) is 3.54. The summed E-state index contributed by atoms with van der Waals surface area (Å²) in [7, 11) is 7.73. The quantitative estimate of drug-likeness (QED) is 0.523. The fourth-order valence-electron chi connectivity index (χ4n) is 1.71. The van der Waals surface area contributed by atoms with Crippen LogP contribution in [0.3, 0.4) is 0 Å². The third kappa shape index (κ3) is 2.86. The molecule has 0 aromatic carbocycles. The summed E-state index contributed by atoms with van der Waals surface area (Å²) in [4.78, 5) is 0. The highest BCUT2D eigenvalue weighted by molar-refractivity contribution is 6.14. The standard InChI is InChI=1S/C9H17BO/c1-11-9(10)7-5-3-2-4-6-8-9/h2-8H2,1H3.